The Labute approximate surface area is 301 Å². The van der Waals surface area contributed by atoms with E-state index in [-0.39, 0.29) is 39.9 Å². The summed E-state index contributed by atoms with van der Waals surface area (Å²) in [5, 5.41) is 85.0. The number of esters is 2. The molecule has 0 saturated carbocycles. The van der Waals surface area contributed by atoms with Crippen LogP contribution in [-0.2, 0) is 33.3 Å². The predicted octanol–water partition coefficient (Wildman–Crippen LogP) is -1.67. The molecule has 3 saturated heterocycles. The minimum atomic E-state index is -2.57. The van der Waals surface area contributed by atoms with Crippen LogP contribution in [0.5, 0.6) is 34.5 Å². The molecule has 3 aliphatic rings. The van der Waals surface area contributed by atoms with Gasteiger partial charge in [0.2, 0.25) is 17.3 Å². The van der Waals surface area contributed by atoms with Gasteiger partial charge in [-0.15, -0.1) is 0 Å². The average Bonchev–Trinajstić information content (AvgIpc) is 3.42. The van der Waals surface area contributed by atoms with Gasteiger partial charge in [0.15, 0.2) is 35.4 Å². The zero-order valence-electron chi connectivity index (χ0n) is 28.8. The second-order valence-corrected chi connectivity index (χ2v) is 12.0. The summed E-state index contributed by atoms with van der Waals surface area (Å²) in [6.07, 6.45) is -12.6. The Bertz CT molecular complexity index is 1690. The summed E-state index contributed by atoms with van der Waals surface area (Å²) in [5.74, 6) is -6.40. The second-order valence-electron chi connectivity index (χ2n) is 12.0. The van der Waals surface area contributed by atoms with Crippen molar-refractivity contribution in [2.75, 3.05) is 48.3 Å². The number of hydrogen-bond donors (Lipinski definition) is 8. The number of rotatable bonds is 8. The summed E-state index contributed by atoms with van der Waals surface area (Å²) in [6, 6.07) is 5.13. The van der Waals surface area contributed by atoms with Crippen molar-refractivity contribution >= 4 is 24.1 Å². The van der Waals surface area contributed by atoms with Gasteiger partial charge in [-0.25, -0.2) is 9.59 Å². The van der Waals surface area contributed by atoms with Crippen LogP contribution >= 0.6 is 0 Å². The number of aliphatic hydroxyl groups excluding tert-OH is 6. The van der Waals surface area contributed by atoms with Gasteiger partial charge in [-0.2, -0.15) is 0 Å². The van der Waals surface area contributed by atoms with Crippen LogP contribution in [0.4, 0.5) is 0 Å². The van der Waals surface area contributed by atoms with Crippen molar-refractivity contribution in [3.8, 4) is 34.5 Å². The van der Waals surface area contributed by atoms with Gasteiger partial charge in [-0.05, 0) is 47.5 Å². The molecule has 290 valence electrons. The van der Waals surface area contributed by atoms with Crippen molar-refractivity contribution in [3.63, 3.8) is 0 Å². The van der Waals surface area contributed by atoms with Crippen LogP contribution in [0, 0.1) is 0 Å². The molecule has 19 nitrogen and oxygen atoms in total. The highest BCUT2D eigenvalue weighted by atomic mass is 16.8. The molecule has 8 N–H and O–H groups in total. The molecular weight excluding hydrogens is 712 g/mol. The van der Waals surface area contributed by atoms with Crippen LogP contribution < -0.4 is 18.9 Å². The standard InChI is InChI=1S/C34H40O19/c1-45-18-7-14(8-19(46-2)24(18)37)5-16-17(6-15-9-20(47-3)25(38)21(10-15)48-4)32(44)51-30-27(40)22(11-35)52-34(30,13-36)53-33-29(42)28(41)26(39)23(50-33)12-49-31(16)43/h5-10,22-23,26-30,33,35-42H,11-13H2,1-4H3. The number of phenolic OH excluding ortho intramolecular Hbond substituents is 2. The zero-order chi connectivity index (χ0) is 38.8. The summed E-state index contributed by atoms with van der Waals surface area (Å²) < 4.78 is 49.2. The summed E-state index contributed by atoms with van der Waals surface area (Å²) >= 11 is 0. The maximum absolute atomic E-state index is 14.4. The van der Waals surface area contributed by atoms with Crippen LogP contribution in [0.2, 0.25) is 0 Å². The lowest BCUT2D eigenvalue weighted by molar-refractivity contribution is -0.383. The zero-order valence-corrected chi connectivity index (χ0v) is 28.8. The van der Waals surface area contributed by atoms with Gasteiger partial charge in [-0.3, -0.25) is 0 Å². The molecule has 3 fully saturated rings. The lowest BCUT2D eigenvalue weighted by atomic mass is 9.98. The molecule has 0 aromatic heterocycles. The van der Waals surface area contributed by atoms with Crippen molar-refractivity contribution in [1.82, 2.24) is 0 Å². The molecule has 9 atom stereocenters. The molecule has 0 radical (unpaired) electrons. The largest absolute Gasteiger partial charge is 0.502 e. The van der Waals surface area contributed by atoms with Crippen LogP contribution in [0.3, 0.4) is 0 Å². The number of hydrogen-bond acceptors (Lipinski definition) is 19. The van der Waals surface area contributed by atoms with E-state index in [2.05, 4.69) is 0 Å². The Morgan fingerprint density at radius 1 is 0.717 bits per heavy atom. The SMILES string of the molecule is COc1cc(C=C2C(=O)OCC3OC(OC4(CO)OC(CO)C(O)C4OC(=O)C2=Cc2cc(OC)c(O)c(OC)c2)C(O)C(O)C3O)cc(OC)c1O. The van der Waals surface area contributed by atoms with Crippen LogP contribution in [0.25, 0.3) is 12.2 Å². The van der Waals surface area contributed by atoms with E-state index in [1.807, 2.05) is 0 Å². The Morgan fingerprint density at radius 3 is 1.66 bits per heavy atom. The molecule has 5 rings (SSSR count). The maximum atomic E-state index is 14.4. The van der Waals surface area contributed by atoms with Crippen molar-refractivity contribution in [1.29, 1.82) is 0 Å². The number of carbonyl (C=O) groups is 2. The molecule has 2 bridgehead atoms. The van der Waals surface area contributed by atoms with Gasteiger partial charge in [0.05, 0.1) is 46.2 Å². The van der Waals surface area contributed by atoms with E-state index >= 15 is 0 Å². The summed E-state index contributed by atoms with van der Waals surface area (Å²) in [6.45, 7) is -2.88. The number of benzene rings is 2. The van der Waals surface area contributed by atoms with E-state index in [4.69, 9.17) is 42.6 Å². The van der Waals surface area contributed by atoms with E-state index in [0.717, 1.165) is 12.2 Å². The van der Waals surface area contributed by atoms with Crippen molar-refractivity contribution in [2.45, 2.75) is 54.8 Å². The normalized spacial score (nSPS) is 32.1. The van der Waals surface area contributed by atoms with Crippen molar-refractivity contribution in [2.24, 2.45) is 0 Å². The third kappa shape index (κ3) is 7.56. The number of cyclic esters (lactones) is 1. The molecule has 3 aliphatic heterocycles. The number of phenols is 2. The van der Waals surface area contributed by atoms with Gasteiger partial charge < -0.3 is 83.5 Å². The topological polar surface area (TPSA) is 279 Å². The Kier molecular flexibility index (Phi) is 12.0. The molecular formula is C34H40O19. The number of ether oxygens (including phenoxy) is 9. The highest BCUT2D eigenvalue weighted by molar-refractivity contribution is 6.13. The smallest absolute Gasteiger partial charge is 0.339 e. The molecule has 53 heavy (non-hydrogen) atoms. The number of carbonyl (C=O) groups excluding carboxylic acids is 2. The summed E-state index contributed by atoms with van der Waals surface area (Å²) in [4.78, 5) is 28.5. The number of aromatic hydroxyl groups is 2. The van der Waals surface area contributed by atoms with Gasteiger partial charge >= 0.3 is 11.9 Å². The predicted molar refractivity (Wildman–Crippen MR) is 175 cm³/mol. The van der Waals surface area contributed by atoms with Gasteiger partial charge in [-0.1, -0.05) is 0 Å². The number of aliphatic hydroxyl groups is 6. The van der Waals surface area contributed by atoms with E-state index in [9.17, 15) is 50.4 Å². The molecule has 0 spiro atoms. The Morgan fingerprint density at radius 2 is 1.21 bits per heavy atom. The minimum absolute atomic E-state index is 0.0781. The monoisotopic (exact) mass is 752 g/mol. The first kappa shape index (κ1) is 39.5. The first-order chi connectivity index (χ1) is 25.3. The highest BCUT2D eigenvalue weighted by Gasteiger charge is 2.61. The van der Waals surface area contributed by atoms with Gasteiger partial charge in [0.1, 0.15) is 49.8 Å². The van der Waals surface area contributed by atoms with E-state index in [1.165, 1.54) is 52.7 Å². The Balaban J connectivity index is 1.78. The fourth-order valence-electron chi connectivity index (χ4n) is 6.00. The minimum Gasteiger partial charge on any atom is -0.502 e. The fraction of sp³-hybridized carbons (Fsp3) is 0.471. The molecule has 9 unspecified atom stereocenters. The average molecular weight is 753 g/mol. The highest BCUT2D eigenvalue weighted by Crippen LogP contribution is 2.42. The van der Waals surface area contributed by atoms with Crippen molar-refractivity contribution in [3.05, 3.63) is 46.5 Å². The van der Waals surface area contributed by atoms with Crippen LogP contribution in [0.1, 0.15) is 11.1 Å². The third-order valence-electron chi connectivity index (χ3n) is 8.83. The lowest BCUT2D eigenvalue weighted by Crippen LogP contribution is -2.63. The summed E-state index contributed by atoms with van der Waals surface area (Å²) in [7, 11) is 5.01. The first-order valence-corrected chi connectivity index (χ1v) is 15.9. The molecule has 19 heteroatoms. The first-order valence-electron chi connectivity index (χ1n) is 15.9. The number of fused-ring (bicyclic) bond motifs is 3. The summed E-state index contributed by atoms with van der Waals surface area (Å²) in [5.41, 5.74) is -1.00. The Hall–Kier alpha value is -4.70. The molecule has 2 aromatic rings. The third-order valence-corrected chi connectivity index (χ3v) is 8.83. The second kappa shape index (κ2) is 16.1. The van der Waals surface area contributed by atoms with Crippen LogP contribution in [-0.4, -0.2) is 156 Å². The van der Waals surface area contributed by atoms with Crippen LogP contribution in [0.15, 0.2) is 35.4 Å². The van der Waals surface area contributed by atoms with E-state index in [0.29, 0.717) is 0 Å². The van der Waals surface area contributed by atoms with Gasteiger partial charge in [0.25, 0.3) is 0 Å². The number of methoxy groups -OCH3 is 4. The quantitative estimate of drug-likeness (QED) is 0.111. The maximum Gasteiger partial charge on any atom is 0.339 e. The molecule has 3 heterocycles. The molecule has 2 aromatic carbocycles. The van der Waals surface area contributed by atoms with Gasteiger partial charge in [0, 0.05) is 0 Å². The fourth-order valence-corrected chi connectivity index (χ4v) is 6.00. The van der Waals surface area contributed by atoms with E-state index in [1.54, 1.807) is 0 Å². The molecule has 0 amide bonds. The van der Waals surface area contributed by atoms with Crippen molar-refractivity contribution < 1.29 is 93.1 Å². The van der Waals surface area contributed by atoms with E-state index < -0.39 is 103 Å². The molecule has 0 aliphatic carbocycles. The lowest BCUT2D eigenvalue weighted by Gasteiger charge is -2.43.